The second-order valence-corrected chi connectivity index (χ2v) is 3.14. The Balaban J connectivity index is 0.000000583. The molecule has 0 aromatic heterocycles. The van der Waals surface area contributed by atoms with Crippen LogP contribution in [0.1, 0.15) is 24.2 Å². The fourth-order valence-corrected chi connectivity index (χ4v) is 0.935. The molecule has 0 saturated heterocycles. The third-order valence-corrected chi connectivity index (χ3v) is 1.46. The Hall–Kier alpha value is -1.33. The van der Waals surface area contributed by atoms with Crippen LogP contribution in [0.4, 0.5) is 0 Å². The van der Waals surface area contributed by atoms with Crippen LogP contribution < -0.4 is 5.32 Å². The summed E-state index contributed by atoms with van der Waals surface area (Å²) in [6.45, 7) is 3.89. The van der Waals surface area contributed by atoms with Gasteiger partial charge in [0.15, 0.2) is 0 Å². The van der Waals surface area contributed by atoms with E-state index in [2.05, 4.69) is 5.32 Å². The van der Waals surface area contributed by atoms with Crippen molar-refractivity contribution in [3.05, 3.63) is 35.9 Å². The minimum atomic E-state index is -0.750. The lowest BCUT2D eigenvalue weighted by Gasteiger charge is -2.07. The SMILES string of the molecule is CC(C)NC(=O)c1ccccc1.OBO. The van der Waals surface area contributed by atoms with E-state index >= 15 is 0 Å². The van der Waals surface area contributed by atoms with Crippen molar-refractivity contribution in [3.63, 3.8) is 0 Å². The van der Waals surface area contributed by atoms with Gasteiger partial charge in [-0.15, -0.1) is 0 Å². The van der Waals surface area contributed by atoms with Crippen LogP contribution in [0.5, 0.6) is 0 Å². The van der Waals surface area contributed by atoms with Crippen molar-refractivity contribution >= 4 is 13.6 Å². The number of rotatable bonds is 2. The van der Waals surface area contributed by atoms with E-state index in [1.165, 1.54) is 0 Å². The molecule has 1 amide bonds. The summed E-state index contributed by atoms with van der Waals surface area (Å²) in [6.07, 6.45) is 0. The molecule has 0 fully saturated rings. The third kappa shape index (κ3) is 6.71. The topological polar surface area (TPSA) is 69.6 Å². The van der Waals surface area contributed by atoms with E-state index in [1.54, 1.807) is 12.1 Å². The Morgan fingerprint density at radius 3 is 2.13 bits per heavy atom. The number of carbonyl (C=O) groups excluding carboxylic acids is 1. The van der Waals surface area contributed by atoms with Crippen LogP contribution in [0, 0.1) is 0 Å². The molecule has 0 radical (unpaired) electrons. The second kappa shape index (κ2) is 8.02. The molecule has 4 nitrogen and oxygen atoms in total. The second-order valence-electron chi connectivity index (χ2n) is 3.14. The average Bonchev–Trinajstić information content (AvgIpc) is 2.19. The molecular weight excluding hydrogens is 193 g/mol. The summed E-state index contributed by atoms with van der Waals surface area (Å²) < 4.78 is 0. The van der Waals surface area contributed by atoms with Gasteiger partial charge in [0, 0.05) is 11.6 Å². The van der Waals surface area contributed by atoms with Gasteiger partial charge in [-0.05, 0) is 26.0 Å². The molecule has 0 heterocycles. The molecule has 0 aliphatic carbocycles. The Bertz CT molecular complexity index is 277. The van der Waals surface area contributed by atoms with E-state index in [9.17, 15) is 4.79 Å². The van der Waals surface area contributed by atoms with E-state index in [0.29, 0.717) is 5.56 Å². The van der Waals surface area contributed by atoms with E-state index < -0.39 is 7.69 Å². The number of benzene rings is 1. The van der Waals surface area contributed by atoms with Crippen LogP contribution in [-0.4, -0.2) is 29.7 Å². The monoisotopic (exact) mass is 209 g/mol. The molecule has 5 heteroatoms. The molecule has 0 aliphatic rings. The first kappa shape index (κ1) is 13.7. The van der Waals surface area contributed by atoms with Gasteiger partial charge in [0.1, 0.15) is 0 Å². The van der Waals surface area contributed by atoms with Crippen LogP contribution in [0.3, 0.4) is 0 Å². The van der Waals surface area contributed by atoms with Gasteiger partial charge >= 0.3 is 7.69 Å². The highest BCUT2D eigenvalue weighted by Gasteiger charge is 2.04. The van der Waals surface area contributed by atoms with Crippen LogP contribution in [-0.2, 0) is 0 Å². The van der Waals surface area contributed by atoms with E-state index in [0.717, 1.165) is 0 Å². The summed E-state index contributed by atoms with van der Waals surface area (Å²) in [4.78, 5) is 11.3. The van der Waals surface area contributed by atoms with Gasteiger partial charge in [-0.3, -0.25) is 4.79 Å². The lowest BCUT2D eigenvalue weighted by molar-refractivity contribution is 0.0943. The van der Waals surface area contributed by atoms with Crippen LogP contribution >= 0.6 is 0 Å². The van der Waals surface area contributed by atoms with Crippen molar-refractivity contribution in [1.82, 2.24) is 5.32 Å². The number of hydrogen-bond acceptors (Lipinski definition) is 3. The maximum Gasteiger partial charge on any atom is 0.432 e. The van der Waals surface area contributed by atoms with E-state index in [1.807, 2.05) is 32.0 Å². The van der Waals surface area contributed by atoms with Gasteiger partial charge in [-0.25, -0.2) is 0 Å². The van der Waals surface area contributed by atoms with E-state index in [4.69, 9.17) is 10.0 Å². The van der Waals surface area contributed by atoms with Crippen molar-refractivity contribution < 1.29 is 14.8 Å². The van der Waals surface area contributed by atoms with Crippen LogP contribution in [0.15, 0.2) is 30.3 Å². The average molecular weight is 209 g/mol. The zero-order valence-electron chi connectivity index (χ0n) is 8.97. The van der Waals surface area contributed by atoms with Gasteiger partial charge in [-0.2, -0.15) is 0 Å². The molecule has 0 atom stereocenters. The molecule has 3 N–H and O–H groups in total. The Kier molecular flexibility index (Phi) is 7.31. The number of hydrogen-bond donors (Lipinski definition) is 3. The normalized spacial score (nSPS) is 8.87. The number of amides is 1. The van der Waals surface area contributed by atoms with Crippen LogP contribution in [0.2, 0.25) is 0 Å². The molecule has 0 saturated carbocycles. The predicted molar refractivity (Wildman–Crippen MR) is 60.6 cm³/mol. The lowest BCUT2D eigenvalue weighted by atomic mass is 10.2. The van der Waals surface area contributed by atoms with Crippen LogP contribution in [0.25, 0.3) is 0 Å². The molecule has 0 spiro atoms. The zero-order chi connectivity index (χ0) is 11.7. The summed E-state index contributed by atoms with van der Waals surface area (Å²) in [5, 5.41) is 17.1. The molecule has 1 aromatic carbocycles. The van der Waals surface area contributed by atoms with Gasteiger partial charge in [0.25, 0.3) is 5.91 Å². The molecule has 15 heavy (non-hydrogen) atoms. The fraction of sp³-hybridized carbons (Fsp3) is 0.300. The molecular formula is C10H16BNO3. The molecule has 1 aromatic rings. The van der Waals surface area contributed by atoms with Crippen molar-refractivity contribution in [2.45, 2.75) is 19.9 Å². The largest absolute Gasteiger partial charge is 0.432 e. The molecule has 0 unspecified atom stereocenters. The van der Waals surface area contributed by atoms with Gasteiger partial charge in [0.05, 0.1) is 0 Å². The maximum atomic E-state index is 11.3. The van der Waals surface area contributed by atoms with Gasteiger partial charge in [-0.1, -0.05) is 18.2 Å². The Morgan fingerprint density at radius 2 is 1.73 bits per heavy atom. The molecule has 82 valence electrons. The van der Waals surface area contributed by atoms with Crippen molar-refractivity contribution in [2.24, 2.45) is 0 Å². The Morgan fingerprint density at radius 1 is 1.27 bits per heavy atom. The molecule has 0 bridgehead atoms. The quantitative estimate of drug-likeness (QED) is 0.603. The van der Waals surface area contributed by atoms with Crippen molar-refractivity contribution in [2.75, 3.05) is 0 Å². The fourth-order valence-electron chi connectivity index (χ4n) is 0.935. The summed E-state index contributed by atoms with van der Waals surface area (Å²) in [7, 11) is -0.750. The number of carbonyl (C=O) groups is 1. The lowest BCUT2D eigenvalue weighted by Crippen LogP contribution is -2.29. The predicted octanol–water partition coefficient (Wildman–Crippen LogP) is 0.0623. The van der Waals surface area contributed by atoms with Gasteiger partial charge < -0.3 is 15.4 Å². The third-order valence-electron chi connectivity index (χ3n) is 1.46. The smallest absolute Gasteiger partial charge is 0.430 e. The molecule has 1 rings (SSSR count). The minimum absolute atomic E-state index is 0.00870. The first-order chi connectivity index (χ1) is 7.11. The first-order valence-corrected chi connectivity index (χ1v) is 4.69. The summed E-state index contributed by atoms with van der Waals surface area (Å²) in [5.41, 5.74) is 0.714. The summed E-state index contributed by atoms with van der Waals surface area (Å²) >= 11 is 0. The summed E-state index contributed by atoms with van der Waals surface area (Å²) in [5.74, 6) is -0.00870. The zero-order valence-corrected chi connectivity index (χ0v) is 8.97. The standard InChI is InChI=1S/C10H13NO.BH3O2/c1-8(2)11-10(12)9-6-4-3-5-7-9;2-1-3/h3-8H,1-2H3,(H,11,12);1-3H. The van der Waals surface area contributed by atoms with Gasteiger partial charge in [0.2, 0.25) is 0 Å². The molecule has 0 aliphatic heterocycles. The number of nitrogens with one attached hydrogen (secondary N) is 1. The Labute approximate surface area is 90.3 Å². The first-order valence-electron chi connectivity index (χ1n) is 4.69. The highest BCUT2D eigenvalue weighted by molar-refractivity contribution is 6.13. The highest BCUT2D eigenvalue weighted by Crippen LogP contribution is 1.98. The minimum Gasteiger partial charge on any atom is -0.430 e. The summed E-state index contributed by atoms with van der Waals surface area (Å²) in [6, 6.07) is 9.41. The van der Waals surface area contributed by atoms with Crippen molar-refractivity contribution in [1.29, 1.82) is 0 Å². The highest BCUT2D eigenvalue weighted by atomic mass is 16.4. The van der Waals surface area contributed by atoms with Crippen molar-refractivity contribution in [3.8, 4) is 0 Å². The maximum absolute atomic E-state index is 11.3. The van der Waals surface area contributed by atoms with E-state index in [-0.39, 0.29) is 11.9 Å².